The van der Waals surface area contributed by atoms with Crippen molar-refractivity contribution in [2.24, 2.45) is 9.98 Å². The zero-order valence-electron chi connectivity index (χ0n) is 11.1. The average molecular weight is 270 g/mol. The molecule has 1 fully saturated rings. The standard InChI is InChI=1S/C12H22N4O3/c1-13-5-9(18)11-12(14-2)16(7-15-11)10-4-3-8(6-17)19-10/h7-13,17-18H,2-6H2,1H3/t8-,9+,10+,11?,12?/m0/s1. The molecule has 0 spiro atoms. The van der Waals surface area contributed by atoms with Crippen LogP contribution in [0.1, 0.15) is 12.8 Å². The molecule has 7 heteroatoms. The number of rotatable bonds is 6. The highest BCUT2D eigenvalue weighted by Crippen LogP contribution is 2.28. The summed E-state index contributed by atoms with van der Waals surface area (Å²) in [5.74, 6) is 0. The van der Waals surface area contributed by atoms with E-state index in [0.717, 1.165) is 12.8 Å². The molecular formula is C12H22N4O3. The van der Waals surface area contributed by atoms with E-state index in [1.807, 2.05) is 4.90 Å². The molecule has 0 bridgehead atoms. The lowest BCUT2D eigenvalue weighted by Gasteiger charge is -2.30. The van der Waals surface area contributed by atoms with Gasteiger partial charge in [-0.05, 0) is 26.6 Å². The number of nitrogens with one attached hydrogen (secondary N) is 1. The lowest BCUT2D eigenvalue weighted by Crippen LogP contribution is -2.47. The largest absolute Gasteiger partial charge is 0.394 e. The summed E-state index contributed by atoms with van der Waals surface area (Å²) in [4.78, 5) is 10.3. The molecule has 0 aliphatic carbocycles. The summed E-state index contributed by atoms with van der Waals surface area (Å²) >= 11 is 0. The highest BCUT2D eigenvalue weighted by atomic mass is 16.5. The zero-order valence-corrected chi connectivity index (χ0v) is 11.1. The minimum absolute atomic E-state index is 0.0273. The van der Waals surface area contributed by atoms with Crippen molar-refractivity contribution in [1.29, 1.82) is 0 Å². The van der Waals surface area contributed by atoms with Crippen LogP contribution >= 0.6 is 0 Å². The molecule has 0 amide bonds. The van der Waals surface area contributed by atoms with Crippen LogP contribution in [-0.4, -0.2) is 79.0 Å². The molecule has 0 aromatic heterocycles. The molecule has 19 heavy (non-hydrogen) atoms. The Bertz CT molecular complexity index is 339. The third-order valence-corrected chi connectivity index (χ3v) is 3.60. The first-order valence-corrected chi connectivity index (χ1v) is 6.56. The lowest BCUT2D eigenvalue weighted by molar-refractivity contribution is -0.0534. The van der Waals surface area contributed by atoms with E-state index in [-0.39, 0.29) is 31.1 Å². The Morgan fingerprint density at radius 1 is 1.63 bits per heavy atom. The third kappa shape index (κ3) is 2.94. The fourth-order valence-electron chi connectivity index (χ4n) is 2.59. The third-order valence-electron chi connectivity index (χ3n) is 3.60. The van der Waals surface area contributed by atoms with Crippen LogP contribution in [0.25, 0.3) is 0 Å². The van der Waals surface area contributed by atoms with Crippen molar-refractivity contribution < 1.29 is 14.9 Å². The zero-order chi connectivity index (χ0) is 13.8. The Morgan fingerprint density at radius 3 is 3.00 bits per heavy atom. The molecule has 0 aromatic rings. The molecule has 1 saturated heterocycles. The molecule has 0 saturated carbocycles. The number of hydrogen-bond donors (Lipinski definition) is 3. The van der Waals surface area contributed by atoms with Crippen LogP contribution in [0.2, 0.25) is 0 Å². The van der Waals surface area contributed by atoms with Crippen LogP contribution in [0.3, 0.4) is 0 Å². The van der Waals surface area contributed by atoms with Gasteiger partial charge in [0.05, 0.1) is 25.2 Å². The van der Waals surface area contributed by atoms with Gasteiger partial charge in [-0.15, -0.1) is 0 Å². The van der Waals surface area contributed by atoms with Crippen molar-refractivity contribution in [2.75, 3.05) is 20.2 Å². The normalized spacial score (nSPS) is 35.8. The van der Waals surface area contributed by atoms with Gasteiger partial charge in [-0.2, -0.15) is 0 Å². The lowest BCUT2D eigenvalue weighted by atomic mass is 10.1. The van der Waals surface area contributed by atoms with Gasteiger partial charge in [-0.3, -0.25) is 9.98 Å². The van der Waals surface area contributed by atoms with E-state index in [9.17, 15) is 5.11 Å². The average Bonchev–Trinajstić information content (AvgIpc) is 3.04. The second-order valence-electron chi connectivity index (χ2n) is 4.90. The Morgan fingerprint density at radius 2 is 2.42 bits per heavy atom. The van der Waals surface area contributed by atoms with Gasteiger partial charge in [0.2, 0.25) is 0 Å². The smallest absolute Gasteiger partial charge is 0.148 e. The first-order chi connectivity index (χ1) is 9.21. The molecule has 7 nitrogen and oxygen atoms in total. The molecule has 108 valence electrons. The summed E-state index contributed by atoms with van der Waals surface area (Å²) < 4.78 is 5.71. The maximum atomic E-state index is 10.0. The van der Waals surface area contributed by atoms with Crippen molar-refractivity contribution in [3.63, 3.8) is 0 Å². The predicted molar refractivity (Wildman–Crippen MR) is 72.4 cm³/mol. The first kappa shape index (κ1) is 14.4. The number of ether oxygens (including phenoxy) is 1. The second kappa shape index (κ2) is 6.42. The van der Waals surface area contributed by atoms with Crippen molar-refractivity contribution in [2.45, 2.75) is 43.5 Å². The van der Waals surface area contributed by atoms with Gasteiger partial charge in [0.25, 0.3) is 0 Å². The monoisotopic (exact) mass is 270 g/mol. The summed E-state index contributed by atoms with van der Waals surface area (Å²) in [5.41, 5.74) is 0. The molecule has 2 unspecified atom stereocenters. The summed E-state index contributed by atoms with van der Waals surface area (Å²) in [6, 6.07) is -0.332. The van der Waals surface area contributed by atoms with E-state index in [0.29, 0.717) is 6.54 Å². The van der Waals surface area contributed by atoms with Gasteiger partial charge < -0.3 is 25.2 Å². The van der Waals surface area contributed by atoms with Crippen LogP contribution in [0.15, 0.2) is 9.98 Å². The number of hydrogen-bond acceptors (Lipinski definition) is 7. The molecule has 3 N–H and O–H groups in total. The van der Waals surface area contributed by atoms with Gasteiger partial charge in [0.1, 0.15) is 18.4 Å². The Balaban J connectivity index is 2.00. The number of aliphatic hydroxyl groups is 2. The van der Waals surface area contributed by atoms with Crippen LogP contribution in [0.5, 0.6) is 0 Å². The van der Waals surface area contributed by atoms with Crippen LogP contribution in [-0.2, 0) is 4.74 Å². The van der Waals surface area contributed by atoms with E-state index in [1.54, 1.807) is 13.4 Å². The highest BCUT2D eigenvalue weighted by Gasteiger charge is 2.40. The van der Waals surface area contributed by atoms with E-state index >= 15 is 0 Å². The van der Waals surface area contributed by atoms with Gasteiger partial charge >= 0.3 is 0 Å². The maximum Gasteiger partial charge on any atom is 0.148 e. The Hall–Kier alpha value is -1.02. The topological polar surface area (TPSA) is 89.7 Å². The van der Waals surface area contributed by atoms with E-state index in [1.165, 1.54) is 0 Å². The second-order valence-corrected chi connectivity index (χ2v) is 4.90. The molecule has 0 radical (unpaired) electrons. The molecule has 2 aliphatic rings. The van der Waals surface area contributed by atoms with Crippen molar-refractivity contribution in [3.05, 3.63) is 0 Å². The van der Waals surface area contributed by atoms with Gasteiger partial charge in [-0.25, -0.2) is 0 Å². The summed E-state index contributed by atoms with van der Waals surface area (Å²) in [7, 11) is 1.78. The SMILES string of the molecule is C=NC1C([C@H](O)CNC)N=CN1[C@H]1CC[C@@H](CO)O1. The van der Waals surface area contributed by atoms with Crippen molar-refractivity contribution in [3.8, 4) is 0 Å². The minimum atomic E-state index is -0.614. The van der Waals surface area contributed by atoms with Crippen LogP contribution in [0, 0.1) is 0 Å². The number of aliphatic imine (C=N–C) groups is 2. The Labute approximate surface area is 113 Å². The summed E-state index contributed by atoms with van der Waals surface area (Å²) in [5, 5.41) is 22.1. The number of aliphatic hydroxyl groups excluding tert-OH is 2. The Kier molecular flexibility index (Phi) is 4.87. The molecule has 5 atom stereocenters. The molecule has 2 aliphatic heterocycles. The van der Waals surface area contributed by atoms with Gasteiger partial charge in [-0.1, -0.05) is 0 Å². The molecule has 2 heterocycles. The predicted octanol–water partition coefficient (Wildman–Crippen LogP) is -1.20. The van der Waals surface area contributed by atoms with Crippen LogP contribution < -0.4 is 5.32 Å². The van der Waals surface area contributed by atoms with Gasteiger partial charge in [0.15, 0.2) is 0 Å². The number of likely N-dealkylation sites (N-methyl/N-ethyl adjacent to an activating group) is 1. The highest BCUT2D eigenvalue weighted by molar-refractivity contribution is 5.60. The fourth-order valence-corrected chi connectivity index (χ4v) is 2.59. The maximum absolute atomic E-state index is 10.0. The van der Waals surface area contributed by atoms with E-state index in [2.05, 4.69) is 22.0 Å². The minimum Gasteiger partial charge on any atom is -0.394 e. The quantitative estimate of drug-likeness (QED) is 0.528. The van der Waals surface area contributed by atoms with Crippen LogP contribution in [0.4, 0.5) is 0 Å². The fraction of sp³-hybridized carbons (Fsp3) is 0.833. The number of nitrogens with zero attached hydrogens (tertiary/aromatic N) is 3. The van der Waals surface area contributed by atoms with Gasteiger partial charge in [0, 0.05) is 6.54 Å². The van der Waals surface area contributed by atoms with E-state index in [4.69, 9.17) is 9.84 Å². The molecule has 0 aromatic carbocycles. The first-order valence-electron chi connectivity index (χ1n) is 6.56. The van der Waals surface area contributed by atoms with Crippen molar-refractivity contribution >= 4 is 13.1 Å². The molecule has 2 rings (SSSR count). The van der Waals surface area contributed by atoms with Crippen molar-refractivity contribution in [1.82, 2.24) is 10.2 Å². The summed E-state index contributed by atoms with van der Waals surface area (Å²) in [6.07, 6.45) is 2.11. The molecular weight excluding hydrogens is 248 g/mol. The summed E-state index contributed by atoms with van der Waals surface area (Å²) in [6.45, 7) is 4.07. The van der Waals surface area contributed by atoms with E-state index < -0.39 is 6.10 Å².